The van der Waals surface area contributed by atoms with E-state index < -0.39 is 0 Å². The number of hydrogen-bond donors (Lipinski definition) is 1. The van der Waals surface area contributed by atoms with Crippen molar-refractivity contribution in [1.29, 1.82) is 0 Å². The van der Waals surface area contributed by atoms with Gasteiger partial charge < -0.3 is 5.32 Å². The molecule has 1 fully saturated rings. The molecule has 0 amide bonds. The molecule has 3 heteroatoms. The Morgan fingerprint density at radius 3 is 2.63 bits per heavy atom. The van der Waals surface area contributed by atoms with Crippen LogP contribution in [0.1, 0.15) is 39.2 Å². The van der Waals surface area contributed by atoms with E-state index in [-0.39, 0.29) is 16.3 Å². The Kier molecular flexibility index (Phi) is 4.52. The van der Waals surface area contributed by atoms with Gasteiger partial charge in [-0.05, 0) is 48.8 Å². The lowest BCUT2D eigenvalue weighted by atomic mass is 9.77. The van der Waals surface area contributed by atoms with Crippen LogP contribution in [0.3, 0.4) is 0 Å². The molecule has 0 saturated heterocycles. The molecule has 0 radical (unpaired) electrons. The van der Waals surface area contributed by atoms with E-state index in [1.807, 2.05) is 6.07 Å². The van der Waals surface area contributed by atoms with Gasteiger partial charge in [0.1, 0.15) is 5.82 Å². The zero-order valence-electron chi connectivity index (χ0n) is 12.0. The maximum Gasteiger partial charge on any atom is 0.142 e. The Morgan fingerprint density at radius 1 is 1.37 bits per heavy atom. The molecular weight excluding hydrogens is 261 g/mol. The number of nitrogens with one attached hydrogen (secondary N) is 1. The first-order valence-corrected chi connectivity index (χ1v) is 7.42. The summed E-state index contributed by atoms with van der Waals surface area (Å²) in [5.41, 5.74) is 1.09. The molecule has 106 valence electrons. The third-order valence-corrected chi connectivity index (χ3v) is 4.38. The molecule has 1 aromatic carbocycles. The van der Waals surface area contributed by atoms with Gasteiger partial charge in [0, 0.05) is 6.04 Å². The van der Waals surface area contributed by atoms with E-state index in [4.69, 9.17) is 11.6 Å². The van der Waals surface area contributed by atoms with Crippen molar-refractivity contribution in [2.75, 3.05) is 6.54 Å². The summed E-state index contributed by atoms with van der Waals surface area (Å²) in [5, 5.41) is 3.86. The minimum Gasteiger partial charge on any atom is -0.314 e. The highest BCUT2D eigenvalue weighted by atomic mass is 35.5. The van der Waals surface area contributed by atoms with Crippen molar-refractivity contribution < 1.29 is 4.39 Å². The Hall–Kier alpha value is -0.600. The fourth-order valence-electron chi connectivity index (χ4n) is 2.25. The Balaban J connectivity index is 2.07. The van der Waals surface area contributed by atoms with Crippen LogP contribution in [0.5, 0.6) is 0 Å². The molecule has 1 aliphatic carbocycles. The average molecular weight is 284 g/mol. The molecule has 1 atom stereocenters. The number of halogens is 2. The monoisotopic (exact) mass is 283 g/mol. The van der Waals surface area contributed by atoms with Crippen LogP contribution in [-0.2, 0) is 6.42 Å². The van der Waals surface area contributed by atoms with Crippen LogP contribution < -0.4 is 5.32 Å². The van der Waals surface area contributed by atoms with Gasteiger partial charge in [0.05, 0.1) is 5.02 Å². The second kappa shape index (κ2) is 5.80. The van der Waals surface area contributed by atoms with Crippen molar-refractivity contribution in [3.8, 4) is 0 Å². The molecule has 0 aromatic heterocycles. The van der Waals surface area contributed by atoms with Gasteiger partial charge in [-0.2, -0.15) is 0 Å². The predicted molar refractivity (Wildman–Crippen MR) is 79.1 cm³/mol. The Morgan fingerprint density at radius 2 is 2.05 bits per heavy atom. The second-order valence-electron chi connectivity index (χ2n) is 6.66. The van der Waals surface area contributed by atoms with Crippen LogP contribution in [0.15, 0.2) is 18.2 Å². The third-order valence-electron chi connectivity index (χ3n) is 3.95. The van der Waals surface area contributed by atoms with E-state index in [2.05, 4.69) is 26.1 Å². The Labute approximate surface area is 120 Å². The van der Waals surface area contributed by atoms with Gasteiger partial charge in [-0.1, -0.05) is 44.5 Å². The lowest BCUT2D eigenvalue weighted by Gasteiger charge is -2.31. The van der Waals surface area contributed by atoms with Crippen molar-refractivity contribution >= 4 is 11.6 Å². The fourth-order valence-corrected chi connectivity index (χ4v) is 2.46. The quantitative estimate of drug-likeness (QED) is 0.843. The number of benzene rings is 1. The van der Waals surface area contributed by atoms with E-state index in [0.29, 0.717) is 12.0 Å². The molecular formula is C16H23ClFN. The zero-order valence-corrected chi connectivity index (χ0v) is 12.7. The largest absolute Gasteiger partial charge is 0.314 e. The van der Waals surface area contributed by atoms with Gasteiger partial charge in [-0.25, -0.2) is 4.39 Å². The van der Waals surface area contributed by atoms with E-state index in [9.17, 15) is 4.39 Å². The zero-order chi connectivity index (χ0) is 14.0. The van der Waals surface area contributed by atoms with E-state index >= 15 is 0 Å². The summed E-state index contributed by atoms with van der Waals surface area (Å²) in [7, 11) is 0. The molecule has 1 saturated carbocycles. The molecule has 0 heterocycles. The maximum atomic E-state index is 13.5. The van der Waals surface area contributed by atoms with Gasteiger partial charge >= 0.3 is 0 Å². The number of rotatable bonds is 5. The highest BCUT2D eigenvalue weighted by molar-refractivity contribution is 6.31. The molecule has 19 heavy (non-hydrogen) atoms. The first kappa shape index (κ1) is 14.8. The average Bonchev–Trinajstić information content (AvgIpc) is 3.12. The van der Waals surface area contributed by atoms with Crippen LogP contribution in [0, 0.1) is 17.2 Å². The van der Waals surface area contributed by atoms with Gasteiger partial charge in [0.25, 0.3) is 0 Å². The highest BCUT2D eigenvalue weighted by Gasteiger charge is 2.28. The second-order valence-corrected chi connectivity index (χ2v) is 7.04. The summed E-state index contributed by atoms with van der Waals surface area (Å²) in [6.45, 7) is 7.68. The molecule has 1 nitrogen and oxygen atoms in total. The minimum absolute atomic E-state index is 0.178. The minimum atomic E-state index is -0.318. The molecule has 0 bridgehead atoms. The first-order valence-electron chi connectivity index (χ1n) is 7.04. The van der Waals surface area contributed by atoms with E-state index in [0.717, 1.165) is 18.5 Å². The summed E-state index contributed by atoms with van der Waals surface area (Å²) < 4.78 is 13.5. The molecule has 2 rings (SSSR count). The molecule has 0 aliphatic heterocycles. The van der Waals surface area contributed by atoms with Crippen LogP contribution >= 0.6 is 11.6 Å². The van der Waals surface area contributed by atoms with Crippen LogP contribution in [-0.4, -0.2) is 12.6 Å². The lowest BCUT2D eigenvalue weighted by Crippen LogP contribution is -2.34. The normalized spacial score (nSPS) is 17.5. The predicted octanol–water partition coefficient (Wildman–Crippen LogP) is 4.44. The molecule has 0 spiro atoms. The van der Waals surface area contributed by atoms with Crippen molar-refractivity contribution in [1.82, 2.24) is 5.32 Å². The topological polar surface area (TPSA) is 12.0 Å². The fraction of sp³-hybridized carbons (Fsp3) is 0.625. The first-order chi connectivity index (χ1) is 8.88. The summed E-state index contributed by atoms with van der Waals surface area (Å²) in [6, 6.07) is 5.79. The van der Waals surface area contributed by atoms with Gasteiger partial charge in [0.2, 0.25) is 0 Å². The smallest absolute Gasteiger partial charge is 0.142 e. The van der Waals surface area contributed by atoms with Gasteiger partial charge in [0.15, 0.2) is 0 Å². The van der Waals surface area contributed by atoms with Crippen LogP contribution in [0.25, 0.3) is 0 Å². The molecule has 1 N–H and O–H groups in total. The van der Waals surface area contributed by atoms with E-state index in [1.54, 1.807) is 6.07 Å². The Bertz CT molecular complexity index is 435. The maximum absolute atomic E-state index is 13.5. The van der Waals surface area contributed by atoms with Crippen molar-refractivity contribution in [2.45, 2.75) is 46.1 Å². The molecule has 1 aromatic rings. The highest BCUT2D eigenvalue weighted by Crippen LogP contribution is 2.32. The van der Waals surface area contributed by atoms with Crippen LogP contribution in [0.4, 0.5) is 4.39 Å². The SMILES string of the molecule is CC(C)(C)C(CNC1CC1)Cc1cccc(F)c1Cl. The van der Waals surface area contributed by atoms with Crippen molar-refractivity contribution in [3.05, 3.63) is 34.6 Å². The van der Waals surface area contributed by atoms with Crippen molar-refractivity contribution in [2.24, 2.45) is 11.3 Å². The van der Waals surface area contributed by atoms with Gasteiger partial charge in [-0.3, -0.25) is 0 Å². The number of hydrogen-bond acceptors (Lipinski definition) is 1. The lowest BCUT2D eigenvalue weighted by molar-refractivity contribution is 0.230. The molecule has 1 aliphatic rings. The summed E-state index contributed by atoms with van der Waals surface area (Å²) in [4.78, 5) is 0. The summed E-state index contributed by atoms with van der Waals surface area (Å²) >= 11 is 6.07. The molecule has 1 unspecified atom stereocenters. The van der Waals surface area contributed by atoms with Crippen molar-refractivity contribution in [3.63, 3.8) is 0 Å². The van der Waals surface area contributed by atoms with Crippen LogP contribution in [0.2, 0.25) is 5.02 Å². The third kappa shape index (κ3) is 4.19. The standard InChI is InChI=1S/C16H23ClFN/c1-16(2,3)12(10-19-13-7-8-13)9-11-5-4-6-14(18)15(11)17/h4-6,12-13,19H,7-10H2,1-3H3. The summed E-state index contributed by atoms with van der Waals surface area (Å²) in [5.74, 6) is 0.134. The summed E-state index contributed by atoms with van der Waals surface area (Å²) in [6.07, 6.45) is 3.40. The van der Waals surface area contributed by atoms with Gasteiger partial charge in [-0.15, -0.1) is 0 Å². The van der Waals surface area contributed by atoms with E-state index in [1.165, 1.54) is 18.9 Å².